The largest absolute Gasteiger partial charge is 0.379 e. The van der Waals surface area contributed by atoms with Gasteiger partial charge in [0.05, 0.1) is 13.2 Å². The molecule has 1 fully saturated rings. The highest BCUT2D eigenvalue weighted by Gasteiger charge is 2.15. The molecule has 1 aliphatic heterocycles. The lowest BCUT2D eigenvalue weighted by Crippen LogP contribution is -2.41. The molecule has 0 atom stereocenters. The number of carbonyl (C=O) groups excluding carboxylic acids is 2. The second-order valence-electron chi connectivity index (χ2n) is 5.44. The summed E-state index contributed by atoms with van der Waals surface area (Å²) in [6, 6.07) is 6.95. The molecule has 2 amide bonds. The van der Waals surface area contributed by atoms with Crippen molar-refractivity contribution in [2.45, 2.75) is 6.92 Å². The Bertz CT molecular complexity index is 510. The van der Waals surface area contributed by atoms with Gasteiger partial charge in [0.25, 0.3) is 5.91 Å². The Hall–Kier alpha value is -1.92. The molecule has 0 unspecified atom stereocenters. The van der Waals surface area contributed by atoms with Crippen molar-refractivity contribution in [3.63, 3.8) is 0 Å². The van der Waals surface area contributed by atoms with E-state index in [0.29, 0.717) is 17.8 Å². The van der Waals surface area contributed by atoms with Crippen molar-refractivity contribution in [2.24, 2.45) is 0 Å². The van der Waals surface area contributed by atoms with Gasteiger partial charge < -0.3 is 15.0 Å². The molecule has 0 bridgehead atoms. The van der Waals surface area contributed by atoms with Crippen LogP contribution in [0.5, 0.6) is 0 Å². The van der Waals surface area contributed by atoms with Crippen molar-refractivity contribution in [1.82, 2.24) is 9.80 Å². The summed E-state index contributed by atoms with van der Waals surface area (Å²) in [5.41, 5.74) is 1.32. The minimum Gasteiger partial charge on any atom is -0.379 e. The molecule has 1 aromatic rings. The van der Waals surface area contributed by atoms with E-state index in [2.05, 4.69) is 10.2 Å². The van der Waals surface area contributed by atoms with Gasteiger partial charge in [-0.2, -0.15) is 0 Å². The summed E-state index contributed by atoms with van der Waals surface area (Å²) >= 11 is 0. The third-order valence-corrected chi connectivity index (χ3v) is 3.65. The molecule has 0 radical (unpaired) electrons. The van der Waals surface area contributed by atoms with E-state index in [9.17, 15) is 9.59 Å². The van der Waals surface area contributed by atoms with E-state index in [4.69, 9.17) is 4.74 Å². The molecule has 1 N–H and O–H groups in total. The van der Waals surface area contributed by atoms with Crippen LogP contribution in [-0.2, 0) is 9.53 Å². The second kappa shape index (κ2) is 7.91. The first-order valence-corrected chi connectivity index (χ1v) is 7.49. The van der Waals surface area contributed by atoms with Crippen LogP contribution in [0.4, 0.5) is 5.69 Å². The zero-order valence-electron chi connectivity index (χ0n) is 13.2. The number of morpholine rings is 1. The van der Waals surface area contributed by atoms with Gasteiger partial charge in [-0.1, -0.05) is 0 Å². The lowest BCUT2D eigenvalue weighted by atomic mass is 10.2. The van der Waals surface area contributed by atoms with E-state index in [-0.39, 0.29) is 11.8 Å². The number of hydrogen-bond acceptors (Lipinski definition) is 4. The van der Waals surface area contributed by atoms with Gasteiger partial charge in [0.1, 0.15) is 0 Å². The van der Waals surface area contributed by atoms with Gasteiger partial charge in [-0.05, 0) is 24.3 Å². The van der Waals surface area contributed by atoms with Crippen molar-refractivity contribution in [1.29, 1.82) is 0 Å². The Morgan fingerprint density at radius 3 is 2.45 bits per heavy atom. The van der Waals surface area contributed by atoms with Crippen molar-refractivity contribution in [3.05, 3.63) is 29.8 Å². The highest BCUT2D eigenvalue weighted by molar-refractivity contribution is 5.95. The Labute approximate surface area is 131 Å². The van der Waals surface area contributed by atoms with Crippen LogP contribution >= 0.6 is 0 Å². The van der Waals surface area contributed by atoms with Crippen LogP contribution in [0.2, 0.25) is 0 Å². The summed E-state index contributed by atoms with van der Waals surface area (Å²) < 4.78 is 5.31. The maximum absolute atomic E-state index is 12.3. The fourth-order valence-corrected chi connectivity index (χ4v) is 2.34. The molecule has 0 saturated carbocycles. The van der Waals surface area contributed by atoms with Crippen LogP contribution in [0.3, 0.4) is 0 Å². The van der Waals surface area contributed by atoms with E-state index >= 15 is 0 Å². The Balaban J connectivity index is 1.85. The Morgan fingerprint density at radius 1 is 1.23 bits per heavy atom. The predicted octanol–water partition coefficient (Wildman–Crippen LogP) is 1.05. The third kappa shape index (κ3) is 4.82. The van der Waals surface area contributed by atoms with E-state index in [1.807, 2.05) is 7.05 Å². The number of anilines is 1. The molecular formula is C16H23N3O3. The van der Waals surface area contributed by atoms with Crippen molar-refractivity contribution < 1.29 is 14.3 Å². The number of carbonyl (C=O) groups is 2. The number of nitrogens with zero attached hydrogens (tertiary/aromatic N) is 2. The molecule has 1 heterocycles. The van der Waals surface area contributed by atoms with Crippen LogP contribution in [0.15, 0.2) is 24.3 Å². The summed E-state index contributed by atoms with van der Waals surface area (Å²) in [5.74, 6) is -0.135. The standard InChI is InChI=1S/C16H23N3O3/c1-13(20)17-15-5-3-14(4-6-15)16(21)18(2)7-8-19-9-11-22-12-10-19/h3-6H,7-12H2,1-2H3,(H,17,20). The van der Waals surface area contributed by atoms with Crippen LogP contribution < -0.4 is 5.32 Å². The number of ether oxygens (including phenoxy) is 1. The highest BCUT2D eigenvalue weighted by Crippen LogP contribution is 2.11. The number of nitrogens with one attached hydrogen (secondary N) is 1. The molecule has 1 saturated heterocycles. The van der Waals surface area contributed by atoms with Gasteiger partial charge >= 0.3 is 0 Å². The molecule has 1 aromatic carbocycles. The average molecular weight is 305 g/mol. The predicted molar refractivity (Wildman–Crippen MR) is 85.0 cm³/mol. The van der Waals surface area contributed by atoms with E-state index in [0.717, 1.165) is 32.8 Å². The molecule has 120 valence electrons. The topological polar surface area (TPSA) is 61.9 Å². The monoisotopic (exact) mass is 305 g/mol. The highest BCUT2D eigenvalue weighted by atomic mass is 16.5. The molecule has 0 aromatic heterocycles. The summed E-state index contributed by atoms with van der Waals surface area (Å²) in [7, 11) is 1.81. The third-order valence-electron chi connectivity index (χ3n) is 3.65. The molecule has 2 rings (SSSR count). The maximum Gasteiger partial charge on any atom is 0.253 e. The van der Waals surface area contributed by atoms with Gasteiger partial charge in [0, 0.05) is 51.4 Å². The fourth-order valence-electron chi connectivity index (χ4n) is 2.34. The molecular weight excluding hydrogens is 282 g/mol. The van der Waals surface area contributed by atoms with Crippen LogP contribution in [0.25, 0.3) is 0 Å². The van der Waals surface area contributed by atoms with Crippen molar-refractivity contribution >= 4 is 17.5 Å². The zero-order chi connectivity index (χ0) is 15.9. The molecule has 6 nitrogen and oxygen atoms in total. The first kappa shape index (κ1) is 16.5. The van der Waals surface area contributed by atoms with E-state index in [1.165, 1.54) is 6.92 Å². The van der Waals surface area contributed by atoms with Crippen LogP contribution in [0, 0.1) is 0 Å². The molecule has 0 aliphatic carbocycles. The van der Waals surface area contributed by atoms with E-state index < -0.39 is 0 Å². The zero-order valence-corrected chi connectivity index (χ0v) is 13.2. The minimum absolute atomic E-state index is 0.0114. The van der Waals surface area contributed by atoms with Gasteiger partial charge in [-0.15, -0.1) is 0 Å². The van der Waals surface area contributed by atoms with Crippen molar-refractivity contribution in [3.8, 4) is 0 Å². The number of benzene rings is 1. The van der Waals surface area contributed by atoms with Crippen LogP contribution in [-0.4, -0.2) is 68.1 Å². The second-order valence-corrected chi connectivity index (χ2v) is 5.44. The van der Waals surface area contributed by atoms with E-state index in [1.54, 1.807) is 29.2 Å². The molecule has 22 heavy (non-hydrogen) atoms. The number of rotatable bonds is 5. The molecule has 1 aliphatic rings. The lowest BCUT2D eigenvalue weighted by Gasteiger charge is -2.28. The summed E-state index contributed by atoms with van der Waals surface area (Å²) in [4.78, 5) is 27.3. The molecule has 0 spiro atoms. The number of likely N-dealkylation sites (N-methyl/N-ethyl adjacent to an activating group) is 1. The summed E-state index contributed by atoms with van der Waals surface area (Å²) in [6.45, 7) is 6.38. The van der Waals surface area contributed by atoms with Gasteiger partial charge in [-0.25, -0.2) is 0 Å². The first-order chi connectivity index (χ1) is 10.6. The quantitative estimate of drug-likeness (QED) is 0.883. The normalized spacial score (nSPS) is 15.4. The fraction of sp³-hybridized carbons (Fsp3) is 0.500. The molecule has 6 heteroatoms. The van der Waals surface area contributed by atoms with Crippen LogP contribution in [0.1, 0.15) is 17.3 Å². The van der Waals surface area contributed by atoms with Crippen molar-refractivity contribution in [2.75, 3.05) is 51.8 Å². The van der Waals surface area contributed by atoms with Gasteiger partial charge in [-0.3, -0.25) is 14.5 Å². The summed E-state index contributed by atoms with van der Waals surface area (Å²) in [6.07, 6.45) is 0. The van der Waals surface area contributed by atoms with Gasteiger partial charge in [0.2, 0.25) is 5.91 Å². The number of amides is 2. The SMILES string of the molecule is CC(=O)Nc1ccc(C(=O)N(C)CCN2CCOCC2)cc1. The maximum atomic E-state index is 12.3. The smallest absolute Gasteiger partial charge is 0.253 e. The number of hydrogen-bond donors (Lipinski definition) is 1. The minimum atomic E-state index is -0.123. The Morgan fingerprint density at radius 2 is 1.86 bits per heavy atom. The average Bonchev–Trinajstić information content (AvgIpc) is 2.53. The van der Waals surface area contributed by atoms with Gasteiger partial charge in [0.15, 0.2) is 0 Å². The Kier molecular flexibility index (Phi) is 5.91. The lowest BCUT2D eigenvalue weighted by molar-refractivity contribution is -0.114. The summed E-state index contributed by atoms with van der Waals surface area (Å²) in [5, 5.41) is 2.69. The first-order valence-electron chi connectivity index (χ1n) is 7.49.